The van der Waals surface area contributed by atoms with Crippen LogP contribution in [0.2, 0.25) is 0 Å². The lowest BCUT2D eigenvalue weighted by Crippen LogP contribution is -2.54. The van der Waals surface area contributed by atoms with Crippen LogP contribution in [0.25, 0.3) is 0 Å². The van der Waals surface area contributed by atoms with Crippen LogP contribution in [0.5, 0.6) is 0 Å². The molecule has 0 aromatic carbocycles. The molecule has 1 aliphatic rings. The summed E-state index contributed by atoms with van der Waals surface area (Å²) in [6, 6.07) is -3.17. The average molecular weight is 371 g/mol. The van der Waals surface area contributed by atoms with E-state index < -0.39 is 47.7 Å². The monoisotopic (exact) mass is 371 g/mol. The van der Waals surface area contributed by atoms with Gasteiger partial charge in [0.15, 0.2) is 0 Å². The normalized spacial score (nSPS) is 18.8. The molecule has 1 fully saturated rings. The minimum absolute atomic E-state index is 0.000633. The third kappa shape index (κ3) is 6.31. The molecule has 0 unspecified atom stereocenters. The molecule has 146 valence electrons. The van der Waals surface area contributed by atoms with Gasteiger partial charge in [0.2, 0.25) is 23.6 Å². The smallest absolute Gasteiger partial charge is 0.326 e. The van der Waals surface area contributed by atoms with Gasteiger partial charge < -0.3 is 32.5 Å². The third-order valence-electron chi connectivity index (χ3n) is 4.15. The van der Waals surface area contributed by atoms with Gasteiger partial charge in [0, 0.05) is 19.4 Å². The topological polar surface area (TPSA) is 199 Å². The van der Waals surface area contributed by atoms with Gasteiger partial charge in [-0.05, 0) is 25.7 Å². The first-order chi connectivity index (χ1) is 12.1. The number of nitrogens with zero attached hydrogens (tertiary/aromatic N) is 1. The van der Waals surface area contributed by atoms with Gasteiger partial charge in [0.1, 0.15) is 12.1 Å². The van der Waals surface area contributed by atoms with E-state index in [1.165, 1.54) is 4.90 Å². The zero-order valence-corrected chi connectivity index (χ0v) is 14.3. The second-order valence-electron chi connectivity index (χ2n) is 6.21. The molecular weight excluding hydrogens is 346 g/mol. The molecule has 0 aliphatic carbocycles. The molecule has 0 spiro atoms. The van der Waals surface area contributed by atoms with Gasteiger partial charge >= 0.3 is 5.97 Å². The Morgan fingerprint density at radius 3 is 2.19 bits per heavy atom. The summed E-state index contributed by atoms with van der Waals surface area (Å²) in [5.41, 5.74) is 15.8. The van der Waals surface area contributed by atoms with Crippen LogP contribution in [0.1, 0.15) is 38.5 Å². The number of carboxylic acid groups (broad SMARTS) is 1. The molecule has 11 nitrogen and oxygen atoms in total. The van der Waals surface area contributed by atoms with Crippen LogP contribution in [0.3, 0.4) is 0 Å². The van der Waals surface area contributed by atoms with Crippen molar-refractivity contribution in [3.63, 3.8) is 0 Å². The summed E-state index contributed by atoms with van der Waals surface area (Å²) in [5.74, 6) is -3.71. The van der Waals surface area contributed by atoms with Crippen LogP contribution in [0.15, 0.2) is 0 Å². The highest BCUT2D eigenvalue weighted by Crippen LogP contribution is 2.19. The number of hydrogen-bond acceptors (Lipinski definition) is 6. The highest BCUT2D eigenvalue weighted by atomic mass is 16.4. The van der Waals surface area contributed by atoms with Gasteiger partial charge in [0.05, 0.1) is 6.04 Å². The summed E-state index contributed by atoms with van der Waals surface area (Å²) in [6.45, 7) is 0.243. The van der Waals surface area contributed by atoms with Gasteiger partial charge in [-0.3, -0.25) is 19.2 Å². The molecule has 8 N–H and O–H groups in total. The fraction of sp³-hybridized carbons (Fsp3) is 0.667. The molecule has 3 atom stereocenters. The Balaban J connectivity index is 2.81. The second-order valence-corrected chi connectivity index (χ2v) is 6.21. The summed E-state index contributed by atoms with van der Waals surface area (Å²) < 4.78 is 0. The van der Waals surface area contributed by atoms with E-state index in [9.17, 15) is 29.1 Å². The zero-order chi connectivity index (χ0) is 19.9. The Morgan fingerprint density at radius 1 is 1.08 bits per heavy atom. The first-order valence-corrected chi connectivity index (χ1v) is 8.29. The Hall–Kier alpha value is -2.69. The molecular formula is C15H25N5O6. The van der Waals surface area contributed by atoms with Crippen molar-refractivity contribution in [1.82, 2.24) is 10.2 Å². The molecule has 0 saturated carbocycles. The molecule has 1 saturated heterocycles. The summed E-state index contributed by atoms with van der Waals surface area (Å²) >= 11 is 0. The number of amides is 4. The lowest BCUT2D eigenvalue weighted by atomic mass is 10.1. The van der Waals surface area contributed by atoms with Crippen molar-refractivity contribution in [3.05, 3.63) is 0 Å². The number of primary amides is 2. The number of nitrogens with one attached hydrogen (secondary N) is 1. The second kappa shape index (κ2) is 9.70. The lowest BCUT2D eigenvalue weighted by Gasteiger charge is -2.28. The molecule has 1 rings (SSSR count). The Labute approximate surface area is 150 Å². The molecule has 0 radical (unpaired) electrons. The Morgan fingerprint density at radius 2 is 1.65 bits per heavy atom. The van der Waals surface area contributed by atoms with Crippen molar-refractivity contribution in [2.45, 2.75) is 56.7 Å². The molecule has 1 aliphatic heterocycles. The molecule has 0 bridgehead atoms. The molecule has 0 aromatic heterocycles. The highest BCUT2D eigenvalue weighted by Gasteiger charge is 2.37. The van der Waals surface area contributed by atoms with Gasteiger partial charge in [-0.1, -0.05) is 0 Å². The van der Waals surface area contributed by atoms with Crippen LogP contribution in [0, 0.1) is 0 Å². The number of likely N-dealkylation sites (tertiary alicyclic amines) is 1. The third-order valence-corrected chi connectivity index (χ3v) is 4.15. The van der Waals surface area contributed by atoms with Crippen LogP contribution in [-0.4, -0.2) is 64.3 Å². The highest BCUT2D eigenvalue weighted by molar-refractivity contribution is 5.92. The van der Waals surface area contributed by atoms with E-state index in [1.807, 2.05) is 0 Å². The fourth-order valence-corrected chi connectivity index (χ4v) is 2.74. The number of aliphatic carboxylic acids is 1. The number of rotatable bonds is 10. The summed E-state index contributed by atoms with van der Waals surface area (Å²) in [4.78, 5) is 59.1. The predicted octanol–water partition coefficient (Wildman–Crippen LogP) is -2.59. The van der Waals surface area contributed by atoms with Gasteiger partial charge in [-0.2, -0.15) is 0 Å². The first kappa shape index (κ1) is 21.4. The zero-order valence-electron chi connectivity index (χ0n) is 14.3. The quantitative estimate of drug-likeness (QED) is 0.277. The van der Waals surface area contributed by atoms with Crippen LogP contribution >= 0.6 is 0 Å². The van der Waals surface area contributed by atoms with E-state index in [2.05, 4.69) is 5.32 Å². The Bertz CT molecular complexity index is 581. The minimum atomic E-state index is -1.13. The number of carbonyl (C=O) groups is 5. The van der Waals surface area contributed by atoms with E-state index >= 15 is 0 Å². The SMILES string of the molecule is NC(=O)CC[C@H](NC(=O)[C@@H](N)CCC(N)=O)C(=O)N1CCC[C@@H]1C(=O)O. The van der Waals surface area contributed by atoms with Crippen molar-refractivity contribution >= 4 is 29.6 Å². The minimum Gasteiger partial charge on any atom is -0.480 e. The molecule has 4 amide bonds. The van der Waals surface area contributed by atoms with Crippen LogP contribution in [-0.2, 0) is 24.0 Å². The Kier molecular flexibility index (Phi) is 7.97. The van der Waals surface area contributed by atoms with Crippen LogP contribution in [0.4, 0.5) is 0 Å². The van der Waals surface area contributed by atoms with E-state index in [4.69, 9.17) is 17.2 Å². The largest absolute Gasteiger partial charge is 0.480 e. The van der Waals surface area contributed by atoms with Gasteiger partial charge in [-0.15, -0.1) is 0 Å². The predicted molar refractivity (Wildman–Crippen MR) is 89.1 cm³/mol. The van der Waals surface area contributed by atoms with Gasteiger partial charge in [0.25, 0.3) is 0 Å². The number of nitrogens with two attached hydrogens (primary N) is 3. The maximum atomic E-state index is 12.7. The standard InChI is InChI=1S/C15H25N5O6/c16-8(3-5-11(17)21)13(23)19-9(4-6-12(18)22)14(24)20-7-1-2-10(20)15(25)26/h8-10H,1-7,16H2,(H2,17,21)(H2,18,22)(H,19,23)(H,25,26)/t8-,9-,10+/m0/s1. The molecule has 11 heteroatoms. The van der Waals surface area contributed by atoms with Crippen molar-refractivity contribution in [2.24, 2.45) is 17.2 Å². The van der Waals surface area contributed by atoms with Crippen molar-refractivity contribution in [1.29, 1.82) is 0 Å². The van der Waals surface area contributed by atoms with Crippen molar-refractivity contribution in [3.8, 4) is 0 Å². The maximum absolute atomic E-state index is 12.7. The number of hydrogen-bond donors (Lipinski definition) is 5. The number of carboxylic acids is 1. The summed E-state index contributed by atoms with van der Waals surface area (Å²) in [6.07, 6.45) is 0.498. The van der Waals surface area contributed by atoms with Crippen molar-refractivity contribution < 1.29 is 29.1 Å². The molecule has 1 heterocycles. The fourth-order valence-electron chi connectivity index (χ4n) is 2.74. The van der Waals surface area contributed by atoms with E-state index in [0.29, 0.717) is 12.8 Å². The molecule has 0 aromatic rings. The lowest BCUT2D eigenvalue weighted by molar-refractivity contribution is -0.149. The van der Waals surface area contributed by atoms with Gasteiger partial charge in [-0.25, -0.2) is 4.79 Å². The van der Waals surface area contributed by atoms with Crippen LogP contribution < -0.4 is 22.5 Å². The molecule has 26 heavy (non-hydrogen) atoms. The van der Waals surface area contributed by atoms with E-state index in [1.54, 1.807) is 0 Å². The first-order valence-electron chi connectivity index (χ1n) is 8.29. The summed E-state index contributed by atoms with van der Waals surface area (Å²) in [5, 5.41) is 11.6. The maximum Gasteiger partial charge on any atom is 0.326 e. The van der Waals surface area contributed by atoms with E-state index in [-0.39, 0.29) is 32.2 Å². The van der Waals surface area contributed by atoms with Crippen molar-refractivity contribution in [2.75, 3.05) is 6.54 Å². The van der Waals surface area contributed by atoms with E-state index in [0.717, 1.165) is 0 Å². The summed E-state index contributed by atoms with van der Waals surface area (Å²) in [7, 11) is 0. The average Bonchev–Trinajstić information content (AvgIpc) is 3.05. The number of carbonyl (C=O) groups excluding carboxylic acids is 4.